The Labute approximate surface area is 96.0 Å². The first-order chi connectivity index (χ1) is 7.90. The minimum absolute atomic E-state index is 0.681. The number of rotatable bonds is 4. The van der Waals surface area contributed by atoms with Crippen LogP contribution in [0.25, 0.3) is 0 Å². The van der Waals surface area contributed by atoms with Crippen molar-refractivity contribution in [3.05, 3.63) is 18.3 Å². The molecule has 0 saturated carbocycles. The van der Waals surface area contributed by atoms with Gasteiger partial charge in [0, 0.05) is 26.0 Å². The Hall–Kier alpha value is -1.29. The van der Waals surface area contributed by atoms with Gasteiger partial charge in [0.1, 0.15) is 0 Å². The molecule has 1 aliphatic heterocycles. The average Bonchev–Trinajstić information content (AvgIpc) is 2.38. The second kappa shape index (κ2) is 5.70. The molecule has 0 aromatic carbocycles. The van der Waals surface area contributed by atoms with Crippen LogP contribution in [0.15, 0.2) is 18.3 Å². The molecule has 0 atom stereocenters. The number of nitrogens with one attached hydrogen (secondary N) is 1. The smallest absolute Gasteiger partial charge is 0.168 e. The number of hydrogen-bond acceptors (Lipinski definition) is 4. The van der Waals surface area contributed by atoms with E-state index in [1.165, 1.54) is 0 Å². The second-order valence-corrected chi connectivity index (χ2v) is 3.99. The van der Waals surface area contributed by atoms with Crippen LogP contribution < -0.4 is 10.1 Å². The van der Waals surface area contributed by atoms with Crippen molar-refractivity contribution in [3.63, 3.8) is 0 Å². The van der Waals surface area contributed by atoms with Crippen LogP contribution in [0.3, 0.4) is 0 Å². The van der Waals surface area contributed by atoms with Crippen LogP contribution in [-0.2, 0) is 4.74 Å². The average molecular weight is 222 g/mol. The summed E-state index contributed by atoms with van der Waals surface area (Å²) < 4.78 is 10.6. The highest BCUT2D eigenvalue weighted by Crippen LogP contribution is 2.22. The van der Waals surface area contributed by atoms with Gasteiger partial charge in [-0.25, -0.2) is 4.98 Å². The van der Waals surface area contributed by atoms with Gasteiger partial charge in [0.2, 0.25) is 0 Å². The van der Waals surface area contributed by atoms with Crippen LogP contribution in [-0.4, -0.2) is 31.9 Å². The molecule has 0 bridgehead atoms. The Morgan fingerprint density at radius 2 is 2.31 bits per heavy atom. The Morgan fingerprint density at radius 3 is 3.06 bits per heavy atom. The lowest BCUT2D eigenvalue weighted by Crippen LogP contribution is -2.23. The van der Waals surface area contributed by atoms with E-state index in [0.717, 1.165) is 44.2 Å². The summed E-state index contributed by atoms with van der Waals surface area (Å²) in [6, 6.07) is 3.79. The molecule has 88 valence electrons. The van der Waals surface area contributed by atoms with Gasteiger partial charge in [0.15, 0.2) is 11.6 Å². The zero-order valence-electron chi connectivity index (χ0n) is 9.61. The van der Waals surface area contributed by atoms with E-state index in [-0.39, 0.29) is 0 Å². The maximum Gasteiger partial charge on any atom is 0.168 e. The molecule has 16 heavy (non-hydrogen) atoms. The zero-order chi connectivity index (χ0) is 11.2. The summed E-state index contributed by atoms with van der Waals surface area (Å²) in [7, 11) is 1.66. The van der Waals surface area contributed by atoms with Gasteiger partial charge in [0.25, 0.3) is 0 Å². The summed E-state index contributed by atoms with van der Waals surface area (Å²) in [5.41, 5.74) is 0. The standard InChI is InChI=1S/C12H18N2O2/c1-15-11-3-2-6-13-12(11)14-9-10-4-7-16-8-5-10/h2-3,6,10H,4-5,7-9H2,1H3,(H,13,14). The summed E-state index contributed by atoms with van der Waals surface area (Å²) in [4.78, 5) is 4.27. The summed E-state index contributed by atoms with van der Waals surface area (Å²) in [5.74, 6) is 2.31. The fourth-order valence-electron chi connectivity index (χ4n) is 1.88. The predicted molar refractivity (Wildman–Crippen MR) is 62.8 cm³/mol. The molecule has 1 aromatic rings. The molecule has 0 aliphatic carbocycles. The first-order valence-corrected chi connectivity index (χ1v) is 5.71. The molecule has 0 radical (unpaired) electrons. The molecular weight excluding hydrogens is 204 g/mol. The van der Waals surface area contributed by atoms with Crippen LogP contribution in [0.4, 0.5) is 5.82 Å². The maximum absolute atomic E-state index is 5.33. The third-order valence-corrected chi connectivity index (χ3v) is 2.89. The Kier molecular flexibility index (Phi) is 3.99. The fraction of sp³-hybridized carbons (Fsp3) is 0.583. The highest BCUT2D eigenvalue weighted by molar-refractivity contribution is 5.49. The predicted octanol–water partition coefficient (Wildman–Crippen LogP) is 1.93. The van der Waals surface area contributed by atoms with Crippen LogP contribution in [0.5, 0.6) is 5.75 Å². The lowest BCUT2D eigenvalue weighted by molar-refractivity contribution is 0.0699. The van der Waals surface area contributed by atoms with Gasteiger partial charge in [-0.15, -0.1) is 0 Å². The van der Waals surface area contributed by atoms with Gasteiger partial charge in [-0.2, -0.15) is 0 Å². The van der Waals surface area contributed by atoms with E-state index in [1.807, 2.05) is 12.1 Å². The number of hydrogen-bond donors (Lipinski definition) is 1. The van der Waals surface area contributed by atoms with Crippen LogP contribution in [0.1, 0.15) is 12.8 Å². The van der Waals surface area contributed by atoms with Gasteiger partial charge >= 0.3 is 0 Å². The summed E-state index contributed by atoms with van der Waals surface area (Å²) in [6.45, 7) is 2.70. The molecule has 1 N–H and O–H groups in total. The van der Waals surface area contributed by atoms with E-state index >= 15 is 0 Å². The maximum atomic E-state index is 5.33. The topological polar surface area (TPSA) is 43.4 Å². The fourth-order valence-corrected chi connectivity index (χ4v) is 1.88. The van der Waals surface area contributed by atoms with Gasteiger partial charge < -0.3 is 14.8 Å². The normalized spacial score (nSPS) is 17.1. The van der Waals surface area contributed by atoms with Crippen LogP contribution in [0.2, 0.25) is 0 Å². The van der Waals surface area contributed by atoms with Crippen molar-refractivity contribution in [2.24, 2.45) is 5.92 Å². The van der Waals surface area contributed by atoms with Crippen molar-refractivity contribution in [1.82, 2.24) is 4.98 Å². The van der Waals surface area contributed by atoms with Gasteiger partial charge in [-0.05, 0) is 30.9 Å². The summed E-state index contributed by atoms with van der Waals surface area (Å²) in [5, 5.41) is 3.34. The van der Waals surface area contributed by atoms with Crippen molar-refractivity contribution >= 4 is 5.82 Å². The van der Waals surface area contributed by atoms with E-state index in [2.05, 4.69) is 10.3 Å². The number of aromatic nitrogens is 1. The lowest BCUT2D eigenvalue weighted by Gasteiger charge is -2.22. The molecule has 4 nitrogen and oxygen atoms in total. The third kappa shape index (κ3) is 2.85. The molecule has 2 heterocycles. The monoisotopic (exact) mass is 222 g/mol. The lowest BCUT2D eigenvalue weighted by atomic mass is 10.0. The van der Waals surface area contributed by atoms with E-state index in [4.69, 9.17) is 9.47 Å². The Morgan fingerprint density at radius 1 is 1.50 bits per heavy atom. The highest BCUT2D eigenvalue weighted by Gasteiger charge is 2.14. The molecule has 1 aliphatic rings. The van der Waals surface area contributed by atoms with E-state index in [1.54, 1.807) is 13.3 Å². The minimum atomic E-state index is 0.681. The zero-order valence-corrected chi connectivity index (χ0v) is 9.61. The SMILES string of the molecule is COc1cccnc1NCC1CCOCC1. The third-order valence-electron chi connectivity index (χ3n) is 2.89. The van der Waals surface area contributed by atoms with E-state index < -0.39 is 0 Å². The first kappa shape index (κ1) is 11.2. The minimum Gasteiger partial charge on any atom is -0.493 e. The number of nitrogens with zero attached hydrogens (tertiary/aromatic N) is 1. The van der Waals surface area contributed by atoms with Crippen molar-refractivity contribution in [3.8, 4) is 5.75 Å². The molecule has 4 heteroatoms. The highest BCUT2D eigenvalue weighted by atomic mass is 16.5. The number of methoxy groups -OCH3 is 1. The van der Waals surface area contributed by atoms with Crippen molar-refractivity contribution < 1.29 is 9.47 Å². The summed E-state index contributed by atoms with van der Waals surface area (Å²) >= 11 is 0. The van der Waals surface area contributed by atoms with Crippen LogP contribution in [0, 0.1) is 5.92 Å². The van der Waals surface area contributed by atoms with Gasteiger partial charge in [-0.1, -0.05) is 0 Å². The largest absolute Gasteiger partial charge is 0.493 e. The number of anilines is 1. The molecule has 2 rings (SSSR count). The van der Waals surface area contributed by atoms with Crippen molar-refractivity contribution in [2.45, 2.75) is 12.8 Å². The molecule has 0 unspecified atom stereocenters. The second-order valence-electron chi connectivity index (χ2n) is 3.99. The van der Waals surface area contributed by atoms with Gasteiger partial charge in [0.05, 0.1) is 7.11 Å². The molecule has 0 spiro atoms. The van der Waals surface area contributed by atoms with Crippen molar-refractivity contribution in [2.75, 3.05) is 32.2 Å². The van der Waals surface area contributed by atoms with Crippen LogP contribution >= 0.6 is 0 Å². The molecule has 1 aromatic heterocycles. The molecule has 0 amide bonds. The number of ether oxygens (including phenoxy) is 2. The Bertz CT molecular complexity index is 325. The molecule has 1 fully saturated rings. The molecular formula is C12H18N2O2. The first-order valence-electron chi connectivity index (χ1n) is 5.71. The quantitative estimate of drug-likeness (QED) is 0.845. The molecule has 1 saturated heterocycles. The van der Waals surface area contributed by atoms with E-state index in [0.29, 0.717) is 5.92 Å². The Balaban J connectivity index is 1.88. The van der Waals surface area contributed by atoms with Crippen molar-refractivity contribution in [1.29, 1.82) is 0 Å². The summed E-state index contributed by atoms with van der Waals surface area (Å²) in [6.07, 6.45) is 4.03. The number of pyridine rings is 1. The van der Waals surface area contributed by atoms with Gasteiger partial charge in [-0.3, -0.25) is 0 Å². The van der Waals surface area contributed by atoms with E-state index in [9.17, 15) is 0 Å².